The first kappa shape index (κ1) is 25.8. The first-order valence-corrected chi connectivity index (χ1v) is 10.2. The Kier molecular flexibility index (Phi) is 24.2. The largest absolute Gasteiger partial charge is 0.481 e. The molecule has 0 saturated heterocycles. The zero-order chi connectivity index (χ0) is 18.5. The van der Waals surface area contributed by atoms with Crippen LogP contribution in [0.3, 0.4) is 0 Å². The number of aliphatic hydroxyl groups is 1. The third-order valence-corrected chi connectivity index (χ3v) is 3.65. The fraction of sp³-hybridized carbons (Fsp3) is 0.850. The molecule has 0 aromatic carbocycles. The van der Waals surface area contributed by atoms with E-state index in [-0.39, 0.29) is 0 Å². The van der Waals surface area contributed by atoms with Crippen molar-refractivity contribution in [1.82, 2.24) is 0 Å². The molecule has 0 bridgehead atoms. The maximum atomic E-state index is 10.3. The van der Waals surface area contributed by atoms with Gasteiger partial charge in [0.05, 0.1) is 5.44 Å². The molecule has 2 N–H and O–H groups in total. The molecule has 1 unspecified atom stereocenters. The fourth-order valence-corrected chi connectivity index (χ4v) is 2.35. The molecule has 0 saturated carbocycles. The molecule has 0 aliphatic heterocycles. The number of carboxylic acids is 1. The van der Waals surface area contributed by atoms with E-state index in [2.05, 4.69) is 31.7 Å². The number of hydrogen-bond acceptors (Lipinski definition) is 3. The van der Waals surface area contributed by atoms with Crippen LogP contribution in [0.15, 0.2) is 12.2 Å². The second kappa shape index (κ2) is 22.5. The van der Waals surface area contributed by atoms with Gasteiger partial charge in [0, 0.05) is 6.42 Å². The second-order valence-electron chi connectivity index (χ2n) is 6.36. The minimum absolute atomic E-state index is 0.332. The highest BCUT2D eigenvalue weighted by atomic mass is 32.1. The molecule has 0 radical (unpaired) electrons. The predicted octanol–water partition coefficient (Wildman–Crippen LogP) is 6.36. The van der Waals surface area contributed by atoms with Crippen LogP contribution in [-0.4, -0.2) is 21.6 Å². The fourth-order valence-electron chi connectivity index (χ4n) is 2.35. The molecule has 0 aliphatic carbocycles. The molecule has 24 heavy (non-hydrogen) atoms. The van der Waals surface area contributed by atoms with E-state index < -0.39 is 11.4 Å². The van der Waals surface area contributed by atoms with Crippen molar-refractivity contribution in [3.8, 4) is 0 Å². The van der Waals surface area contributed by atoms with Crippen LogP contribution in [0.1, 0.15) is 104 Å². The Morgan fingerprint density at radius 3 is 1.67 bits per heavy atom. The van der Waals surface area contributed by atoms with Crippen molar-refractivity contribution in [3.05, 3.63) is 12.2 Å². The van der Waals surface area contributed by atoms with Gasteiger partial charge < -0.3 is 10.2 Å². The van der Waals surface area contributed by atoms with Gasteiger partial charge in [0.15, 0.2) is 0 Å². The highest BCUT2D eigenvalue weighted by molar-refractivity contribution is 7.80. The molecule has 0 spiro atoms. The number of allylic oxidation sites excluding steroid dienone is 2. The topological polar surface area (TPSA) is 57.5 Å². The predicted molar refractivity (Wildman–Crippen MR) is 108 cm³/mol. The number of aliphatic carboxylic acids is 1. The van der Waals surface area contributed by atoms with Crippen molar-refractivity contribution in [2.45, 2.75) is 109 Å². The lowest BCUT2D eigenvalue weighted by Gasteiger charge is -1.99. The molecule has 0 aliphatic rings. The molecule has 0 fully saturated rings. The highest BCUT2D eigenvalue weighted by Gasteiger charge is 1.95. The van der Waals surface area contributed by atoms with Crippen LogP contribution < -0.4 is 0 Å². The minimum Gasteiger partial charge on any atom is -0.481 e. The molecule has 3 nitrogen and oxygen atoms in total. The number of carbonyl (C=O) groups is 1. The number of unbranched alkanes of at least 4 members (excludes halogenated alkanes) is 11. The van der Waals surface area contributed by atoms with Crippen molar-refractivity contribution < 1.29 is 15.0 Å². The Labute approximate surface area is 155 Å². The van der Waals surface area contributed by atoms with Gasteiger partial charge in [-0.25, -0.2) is 0 Å². The first-order valence-electron chi connectivity index (χ1n) is 9.73. The van der Waals surface area contributed by atoms with E-state index in [1.54, 1.807) is 6.92 Å². The van der Waals surface area contributed by atoms with Crippen LogP contribution >= 0.6 is 12.6 Å². The number of thiol groups is 1. The molecule has 0 heterocycles. The van der Waals surface area contributed by atoms with Gasteiger partial charge in [-0.05, 0) is 39.0 Å². The Bertz CT molecular complexity index is 275. The quantitative estimate of drug-likeness (QED) is 0.138. The van der Waals surface area contributed by atoms with Gasteiger partial charge in [0.1, 0.15) is 0 Å². The Balaban J connectivity index is 0. The highest BCUT2D eigenvalue weighted by Crippen LogP contribution is 2.09. The van der Waals surface area contributed by atoms with Crippen LogP contribution in [0.2, 0.25) is 0 Å². The van der Waals surface area contributed by atoms with Crippen molar-refractivity contribution in [3.63, 3.8) is 0 Å². The summed E-state index contributed by atoms with van der Waals surface area (Å²) in [5, 5.41) is 16.4. The van der Waals surface area contributed by atoms with E-state index in [1.807, 2.05) is 0 Å². The van der Waals surface area contributed by atoms with E-state index in [0.29, 0.717) is 6.42 Å². The summed E-state index contributed by atoms with van der Waals surface area (Å²) in [6, 6.07) is 0. The molecule has 0 amide bonds. The SMILES string of the molecule is CC(O)S.CCCCCCCC/C=C\CCCCCCCC(=O)O. The van der Waals surface area contributed by atoms with Crippen molar-refractivity contribution in [1.29, 1.82) is 0 Å². The van der Waals surface area contributed by atoms with Gasteiger partial charge in [0.2, 0.25) is 0 Å². The summed E-state index contributed by atoms with van der Waals surface area (Å²) in [5.41, 5.74) is -0.472. The molecule has 0 aromatic heterocycles. The lowest BCUT2D eigenvalue weighted by atomic mass is 10.1. The third-order valence-electron chi connectivity index (χ3n) is 3.65. The number of rotatable bonds is 15. The van der Waals surface area contributed by atoms with Crippen LogP contribution in [0, 0.1) is 0 Å². The first-order chi connectivity index (χ1) is 11.5. The maximum Gasteiger partial charge on any atom is 0.303 e. The average molecular weight is 361 g/mol. The van der Waals surface area contributed by atoms with E-state index in [9.17, 15) is 4.79 Å². The summed E-state index contributed by atoms with van der Waals surface area (Å²) in [6.45, 7) is 3.85. The van der Waals surface area contributed by atoms with E-state index >= 15 is 0 Å². The molecule has 0 aromatic rings. The normalized spacial score (nSPS) is 12.0. The molecule has 4 heteroatoms. The van der Waals surface area contributed by atoms with E-state index in [1.165, 1.54) is 70.6 Å². The van der Waals surface area contributed by atoms with Gasteiger partial charge in [-0.1, -0.05) is 70.4 Å². The summed E-state index contributed by atoms with van der Waals surface area (Å²) in [5.74, 6) is -0.664. The number of hydrogen-bond donors (Lipinski definition) is 3. The standard InChI is InChI=1S/C18H34O2.C2H6OS/c1-2-3-4-5-6-7-8-9-10-11-12-13-14-15-16-17-18(19)20;1-2(3)4/h9-10H,2-8,11-17H2,1H3,(H,19,20);2-4H,1H3/b10-9-;. The monoisotopic (exact) mass is 360 g/mol. The zero-order valence-corrected chi connectivity index (χ0v) is 16.8. The van der Waals surface area contributed by atoms with Gasteiger partial charge in [-0.15, -0.1) is 12.6 Å². The third kappa shape index (κ3) is 33.2. The van der Waals surface area contributed by atoms with Crippen LogP contribution in [0.5, 0.6) is 0 Å². The molecule has 144 valence electrons. The lowest BCUT2D eigenvalue weighted by Crippen LogP contribution is -1.93. The van der Waals surface area contributed by atoms with Gasteiger partial charge in [-0.2, -0.15) is 0 Å². The van der Waals surface area contributed by atoms with Gasteiger partial charge in [-0.3, -0.25) is 4.79 Å². The second-order valence-corrected chi connectivity index (χ2v) is 7.11. The number of aliphatic hydroxyl groups excluding tert-OH is 1. The van der Waals surface area contributed by atoms with Gasteiger partial charge in [0.25, 0.3) is 0 Å². The smallest absolute Gasteiger partial charge is 0.303 e. The van der Waals surface area contributed by atoms with Crippen LogP contribution in [0.25, 0.3) is 0 Å². The van der Waals surface area contributed by atoms with Gasteiger partial charge >= 0.3 is 5.97 Å². The minimum atomic E-state index is -0.664. The van der Waals surface area contributed by atoms with Crippen LogP contribution in [0.4, 0.5) is 0 Å². The summed E-state index contributed by atoms with van der Waals surface area (Å²) in [7, 11) is 0. The molecule has 1 atom stereocenters. The Morgan fingerprint density at radius 1 is 0.875 bits per heavy atom. The lowest BCUT2D eigenvalue weighted by molar-refractivity contribution is -0.137. The average Bonchev–Trinajstić information content (AvgIpc) is 2.50. The maximum absolute atomic E-state index is 10.3. The summed E-state index contributed by atoms with van der Waals surface area (Å²) < 4.78 is 0. The van der Waals surface area contributed by atoms with Crippen LogP contribution in [-0.2, 0) is 4.79 Å². The number of carboxylic acid groups (broad SMARTS) is 1. The Hall–Kier alpha value is -0.480. The van der Waals surface area contributed by atoms with E-state index in [0.717, 1.165) is 12.8 Å². The zero-order valence-electron chi connectivity index (χ0n) is 15.9. The summed E-state index contributed by atoms with van der Waals surface area (Å²) >= 11 is 3.52. The van der Waals surface area contributed by atoms with Crippen molar-refractivity contribution >= 4 is 18.6 Å². The molecular weight excluding hydrogens is 320 g/mol. The van der Waals surface area contributed by atoms with Crippen molar-refractivity contribution in [2.24, 2.45) is 0 Å². The molecule has 0 rings (SSSR count). The van der Waals surface area contributed by atoms with E-state index in [4.69, 9.17) is 10.2 Å². The summed E-state index contributed by atoms with van der Waals surface area (Å²) in [4.78, 5) is 10.3. The van der Waals surface area contributed by atoms with Crippen molar-refractivity contribution in [2.75, 3.05) is 0 Å². The Morgan fingerprint density at radius 2 is 1.25 bits per heavy atom. The molecular formula is C20H40O3S. The summed E-state index contributed by atoms with van der Waals surface area (Å²) in [6.07, 6.45) is 21.2.